The first-order chi connectivity index (χ1) is 15.1. The quantitative estimate of drug-likeness (QED) is 0.460. The summed E-state index contributed by atoms with van der Waals surface area (Å²) < 4.78 is 10.9. The van der Waals surface area contributed by atoms with Gasteiger partial charge < -0.3 is 19.9 Å². The molecule has 32 heavy (non-hydrogen) atoms. The molecule has 2 N–H and O–H groups in total. The van der Waals surface area contributed by atoms with Crippen molar-refractivity contribution in [3.8, 4) is 5.75 Å². The van der Waals surface area contributed by atoms with Gasteiger partial charge in [0, 0.05) is 34.1 Å². The van der Waals surface area contributed by atoms with Crippen molar-refractivity contribution in [1.29, 1.82) is 0 Å². The lowest BCUT2D eigenvalue weighted by atomic mass is 10.0. The van der Waals surface area contributed by atoms with Crippen molar-refractivity contribution in [2.75, 3.05) is 7.11 Å². The summed E-state index contributed by atoms with van der Waals surface area (Å²) in [5.74, 6) is -0.700. The number of carboxylic acids is 1. The van der Waals surface area contributed by atoms with E-state index in [1.807, 2.05) is 6.07 Å². The summed E-state index contributed by atoms with van der Waals surface area (Å²) in [5.41, 5.74) is 2.65. The molecule has 0 aliphatic heterocycles. The van der Waals surface area contributed by atoms with Crippen LogP contribution < -0.4 is 10.1 Å². The summed E-state index contributed by atoms with van der Waals surface area (Å²) in [4.78, 5) is 24.1. The van der Waals surface area contributed by atoms with Crippen LogP contribution in [-0.4, -0.2) is 36.3 Å². The van der Waals surface area contributed by atoms with E-state index < -0.39 is 12.1 Å². The second kappa shape index (κ2) is 11.9. The number of carbonyl (C=O) groups excluding carboxylic acids is 1. The second-order valence-electron chi connectivity index (χ2n) is 7.54. The number of carboxylic acid groups (broad SMARTS) is 1. The van der Waals surface area contributed by atoms with Crippen molar-refractivity contribution in [3.05, 3.63) is 68.7 Å². The maximum Gasteiger partial charge on any atom is 0.333 e. The van der Waals surface area contributed by atoms with Crippen LogP contribution in [0, 0.1) is 0 Å². The zero-order valence-electron chi connectivity index (χ0n) is 18.4. The number of nitrogens with one attached hydrogen (secondary N) is 1. The predicted octanol–water partition coefficient (Wildman–Crippen LogP) is 5.14. The third-order valence-electron chi connectivity index (χ3n) is 4.61. The molecule has 0 spiro atoms. The number of methoxy groups -OCH3 is 1. The fraction of sp³-hybridized carbons (Fsp3) is 0.333. The average molecular weight is 480 g/mol. The molecule has 0 heterocycles. The lowest BCUT2D eigenvalue weighted by Gasteiger charge is -2.18. The van der Waals surface area contributed by atoms with E-state index in [1.165, 1.54) is 7.11 Å². The normalized spacial score (nSPS) is 12.5. The van der Waals surface area contributed by atoms with Gasteiger partial charge in [0.15, 0.2) is 6.10 Å². The van der Waals surface area contributed by atoms with E-state index in [0.29, 0.717) is 26.9 Å². The first kappa shape index (κ1) is 25.7. The van der Waals surface area contributed by atoms with E-state index in [-0.39, 0.29) is 25.0 Å². The lowest BCUT2D eigenvalue weighted by molar-refractivity contribution is -0.153. The zero-order valence-corrected chi connectivity index (χ0v) is 20.0. The smallest absolute Gasteiger partial charge is 0.333 e. The van der Waals surface area contributed by atoms with Gasteiger partial charge in [-0.1, -0.05) is 41.4 Å². The van der Waals surface area contributed by atoms with Gasteiger partial charge in [-0.3, -0.25) is 4.79 Å². The molecule has 6 nitrogen and oxygen atoms in total. The van der Waals surface area contributed by atoms with Gasteiger partial charge in [-0.15, -0.1) is 0 Å². The van der Waals surface area contributed by atoms with Gasteiger partial charge in [0.05, 0.1) is 13.2 Å². The summed E-state index contributed by atoms with van der Waals surface area (Å²) in [6.07, 6.45) is 0.714. The van der Waals surface area contributed by atoms with E-state index in [1.54, 1.807) is 57.2 Å². The van der Waals surface area contributed by atoms with Crippen LogP contribution in [0.2, 0.25) is 10.0 Å². The molecule has 8 heteroatoms. The van der Waals surface area contributed by atoms with E-state index in [9.17, 15) is 14.7 Å². The van der Waals surface area contributed by atoms with Crippen LogP contribution in [0.25, 0.3) is 6.08 Å². The number of ether oxygens (including phenoxy) is 2. The summed E-state index contributed by atoms with van der Waals surface area (Å²) in [6, 6.07) is 10.4. The third kappa shape index (κ3) is 7.55. The molecule has 0 saturated heterocycles. The minimum Gasteiger partial charge on any atom is -0.496 e. The number of amides is 1. The number of hydrogen-bond donors (Lipinski definition) is 2. The molecule has 0 aliphatic carbocycles. The van der Waals surface area contributed by atoms with Crippen LogP contribution in [0.15, 0.2) is 42.0 Å². The molecule has 0 bridgehead atoms. The van der Waals surface area contributed by atoms with Gasteiger partial charge in [0.2, 0.25) is 5.91 Å². The molecule has 0 aromatic heterocycles. The summed E-state index contributed by atoms with van der Waals surface area (Å²) >= 11 is 12.1. The predicted molar refractivity (Wildman–Crippen MR) is 126 cm³/mol. The fourth-order valence-electron chi connectivity index (χ4n) is 3.07. The highest BCUT2D eigenvalue weighted by molar-refractivity contribution is 6.35. The highest BCUT2D eigenvalue weighted by atomic mass is 35.5. The molecule has 1 amide bonds. The van der Waals surface area contributed by atoms with Gasteiger partial charge >= 0.3 is 5.97 Å². The Kier molecular flexibility index (Phi) is 9.57. The Balaban J connectivity index is 2.13. The molecular formula is C24H27Cl2NO5. The Morgan fingerprint density at radius 3 is 2.47 bits per heavy atom. The first-order valence-electron chi connectivity index (χ1n) is 10.1. The Labute approximate surface area is 198 Å². The van der Waals surface area contributed by atoms with Crippen molar-refractivity contribution in [3.63, 3.8) is 0 Å². The number of rotatable bonds is 10. The van der Waals surface area contributed by atoms with Crippen LogP contribution in [0.5, 0.6) is 5.75 Å². The molecule has 172 valence electrons. The highest BCUT2D eigenvalue weighted by Gasteiger charge is 2.21. The molecule has 0 saturated carbocycles. The molecule has 1 unspecified atom stereocenters. The minimum absolute atomic E-state index is 0.201. The molecular weight excluding hydrogens is 453 g/mol. The third-order valence-corrected chi connectivity index (χ3v) is 5.17. The largest absolute Gasteiger partial charge is 0.496 e. The van der Waals surface area contributed by atoms with Crippen LogP contribution >= 0.6 is 23.2 Å². The number of hydrogen-bond acceptors (Lipinski definition) is 4. The second-order valence-corrected chi connectivity index (χ2v) is 8.38. The SMILES string of the molecule is COc1ccc(CC(OC(C)C)C(=O)O)cc1CNC(=O)/C(C)=C/c1ccc(Cl)cc1Cl. The van der Waals surface area contributed by atoms with E-state index in [2.05, 4.69) is 5.32 Å². The first-order valence-corrected chi connectivity index (χ1v) is 10.8. The van der Waals surface area contributed by atoms with Crippen LogP contribution in [0.3, 0.4) is 0 Å². The average Bonchev–Trinajstić information content (AvgIpc) is 2.73. The number of carbonyl (C=O) groups is 2. The molecule has 0 fully saturated rings. The number of aliphatic carboxylic acids is 1. The van der Waals surface area contributed by atoms with Gasteiger partial charge in [-0.2, -0.15) is 0 Å². The maximum absolute atomic E-state index is 12.6. The van der Waals surface area contributed by atoms with Gasteiger partial charge in [-0.05, 0) is 56.2 Å². The van der Waals surface area contributed by atoms with Gasteiger partial charge in [0.25, 0.3) is 0 Å². The van der Waals surface area contributed by atoms with E-state index >= 15 is 0 Å². The van der Waals surface area contributed by atoms with Crippen molar-refractivity contribution in [2.45, 2.75) is 45.9 Å². The Bertz CT molecular complexity index is 1000. The molecule has 0 aliphatic rings. The van der Waals surface area contributed by atoms with Crippen LogP contribution in [0.1, 0.15) is 37.5 Å². The van der Waals surface area contributed by atoms with Gasteiger partial charge in [-0.25, -0.2) is 4.79 Å². The molecule has 0 radical (unpaired) electrons. The molecule has 2 aromatic rings. The number of halogens is 2. The minimum atomic E-state index is -1.02. The Morgan fingerprint density at radius 2 is 1.88 bits per heavy atom. The van der Waals surface area contributed by atoms with Crippen molar-refractivity contribution < 1.29 is 24.2 Å². The van der Waals surface area contributed by atoms with Crippen molar-refractivity contribution in [1.82, 2.24) is 5.32 Å². The highest BCUT2D eigenvalue weighted by Crippen LogP contribution is 2.24. The molecule has 2 aromatic carbocycles. The maximum atomic E-state index is 12.6. The molecule has 1 atom stereocenters. The van der Waals surface area contributed by atoms with E-state index in [4.69, 9.17) is 32.7 Å². The van der Waals surface area contributed by atoms with Crippen molar-refractivity contribution >= 4 is 41.2 Å². The Hall–Kier alpha value is -2.54. The van der Waals surface area contributed by atoms with Crippen LogP contribution in [-0.2, 0) is 27.3 Å². The summed E-state index contributed by atoms with van der Waals surface area (Å²) in [5, 5.41) is 13.2. The van der Waals surface area contributed by atoms with Crippen LogP contribution in [0.4, 0.5) is 0 Å². The van der Waals surface area contributed by atoms with Gasteiger partial charge in [0.1, 0.15) is 5.75 Å². The fourth-order valence-corrected chi connectivity index (χ4v) is 3.53. The molecule has 2 rings (SSSR count). The zero-order chi connectivity index (χ0) is 23.8. The summed E-state index contributed by atoms with van der Waals surface area (Å²) in [6.45, 7) is 5.47. The van der Waals surface area contributed by atoms with E-state index in [0.717, 1.165) is 11.1 Å². The monoisotopic (exact) mass is 479 g/mol. The van der Waals surface area contributed by atoms with Crippen molar-refractivity contribution in [2.24, 2.45) is 0 Å². The standard InChI is InChI=1S/C24H27Cl2NO5/c1-14(2)32-22(24(29)30)11-16-5-8-21(31-4)18(10-16)13-27-23(28)15(3)9-17-6-7-19(25)12-20(17)26/h5-10,12,14,22H,11,13H2,1-4H3,(H,27,28)(H,29,30)/b15-9+. The topological polar surface area (TPSA) is 84.9 Å². The Morgan fingerprint density at radius 1 is 1.16 bits per heavy atom. The summed E-state index contributed by atoms with van der Waals surface area (Å²) in [7, 11) is 1.54. The number of benzene rings is 2. The lowest BCUT2D eigenvalue weighted by Crippen LogP contribution is -2.29.